The van der Waals surface area contributed by atoms with Crippen LogP contribution in [0.5, 0.6) is 0 Å². The van der Waals surface area contributed by atoms with E-state index in [0.29, 0.717) is 6.54 Å². The number of amides is 1. The number of carbonyl (C=O) groups excluding carboxylic acids is 1. The maximum Gasteiger partial charge on any atom is 0.240 e. The van der Waals surface area contributed by atoms with Crippen molar-refractivity contribution in [2.24, 2.45) is 0 Å². The van der Waals surface area contributed by atoms with E-state index in [4.69, 9.17) is 4.74 Å². The van der Waals surface area contributed by atoms with E-state index in [2.05, 4.69) is 32.2 Å². The van der Waals surface area contributed by atoms with E-state index in [1.807, 2.05) is 12.4 Å². The highest BCUT2D eigenvalue weighted by atomic mass is 16.5. The van der Waals surface area contributed by atoms with Gasteiger partial charge in [-0.3, -0.25) is 19.6 Å². The Hall–Kier alpha value is -1.50. The lowest BCUT2D eigenvalue weighted by Gasteiger charge is -2.39. The second-order valence-electron chi connectivity index (χ2n) is 8.09. The molecule has 1 aliphatic carbocycles. The van der Waals surface area contributed by atoms with Crippen molar-refractivity contribution in [2.45, 2.75) is 50.1 Å². The highest BCUT2D eigenvalue weighted by Gasteiger charge is 2.46. The lowest BCUT2D eigenvalue weighted by Crippen LogP contribution is -2.57. The average Bonchev–Trinajstić information content (AvgIpc) is 3.42. The Kier molecular flexibility index (Phi) is 6.05. The van der Waals surface area contributed by atoms with Crippen molar-refractivity contribution < 1.29 is 9.53 Å². The SMILES string of the molecule is O=C(NC[C@@H](c1ccncc1)N1CCOCC1)C1(N2CCCC2)CCCC1. The number of rotatable bonds is 6. The molecular weight excluding hydrogens is 340 g/mol. The van der Waals surface area contributed by atoms with Gasteiger partial charge in [-0.15, -0.1) is 0 Å². The van der Waals surface area contributed by atoms with Crippen LogP contribution in [0.4, 0.5) is 0 Å². The summed E-state index contributed by atoms with van der Waals surface area (Å²) in [6.45, 7) is 6.12. The van der Waals surface area contributed by atoms with Crippen LogP contribution in [0.25, 0.3) is 0 Å². The van der Waals surface area contributed by atoms with Gasteiger partial charge in [-0.25, -0.2) is 0 Å². The standard InChI is InChI=1S/C21H32N4O2/c26-20(21(7-1-2-8-21)25-11-3-4-12-25)23-17-19(18-5-9-22-10-6-18)24-13-15-27-16-14-24/h5-6,9-10,19H,1-4,7-8,11-17H2,(H,23,26)/t19-/m0/s1. The summed E-state index contributed by atoms with van der Waals surface area (Å²) in [6.07, 6.45) is 10.5. The third kappa shape index (κ3) is 4.03. The molecular formula is C21H32N4O2. The van der Waals surface area contributed by atoms with Crippen molar-refractivity contribution in [2.75, 3.05) is 45.9 Å². The first-order chi connectivity index (χ1) is 13.3. The Bertz CT molecular complexity index is 606. The number of pyridine rings is 1. The molecule has 3 aliphatic rings. The van der Waals surface area contributed by atoms with Gasteiger partial charge in [-0.2, -0.15) is 0 Å². The molecule has 27 heavy (non-hydrogen) atoms. The van der Waals surface area contributed by atoms with Crippen LogP contribution in [-0.2, 0) is 9.53 Å². The van der Waals surface area contributed by atoms with Crippen LogP contribution in [0, 0.1) is 0 Å². The molecule has 1 N–H and O–H groups in total. The molecule has 2 aliphatic heterocycles. The number of morpholine rings is 1. The molecule has 6 nitrogen and oxygen atoms in total. The van der Waals surface area contributed by atoms with Gasteiger partial charge in [0.2, 0.25) is 5.91 Å². The van der Waals surface area contributed by atoms with Gasteiger partial charge in [0.15, 0.2) is 0 Å². The molecule has 6 heteroatoms. The van der Waals surface area contributed by atoms with E-state index in [0.717, 1.165) is 52.2 Å². The lowest BCUT2D eigenvalue weighted by molar-refractivity contribution is -0.133. The molecule has 3 heterocycles. The summed E-state index contributed by atoms with van der Waals surface area (Å²) in [5.74, 6) is 0.245. The van der Waals surface area contributed by atoms with Crippen LogP contribution in [0.3, 0.4) is 0 Å². The molecule has 1 amide bonds. The first kappa shape index (κ1) is 18.8. The third-order valence-corrected chi connectivity index (χ3v) is 6.60. The van der Waals surface area contributed by atoms with Crippen LogP contribution < -0.4 is 5.32 Å². The number of ether oxygens (including phenoxy) is 1. The second-order valence-corrected chi connectivity index (χ2v) is 8.09. The Morgan fingerprint density at radius 2 is 1.74 bits per heavy atom. The average molecular weight is 373 g/mol. The summed E-state index contributed by atoms with van der Waals surface area (Å²) in [5, 5.41) is 3.35. The van der Waals surface area contributed by atoms with Crippen molar-refractivity contribution in [1.82, 2.24) is 20.1 Å². The Morgan fingerprint density at radius 3 is 2.41 bits per heavy atom. The molecule has 1 aromatic rings. The fraction of sp³-hybridized carbons (Fsp3) is 0.714. The van der Waals surface area contributed by atoms with Gasteiger partial charge in [-0.1, -0.05) is 12.8 Å². The highest BCUT2D eigenvalue weighted by Crippen LogP contribution is 2.37. The maximum absolute atomic E-state index is 13.4. The largest absolute Gasteiger partial charge is 0.379 e. The Balaban J connectivity index is 1.47. The second kappa shape index (κ2) is 8.67. The third-order valence-electron chi connectivity index (χ3n) is 6.60. The summed E-state index contributed by atoms with van der Waals surface area (Å²) in [4.78, 5) is 22.4. The van der Waals surface area contributed by atoms with E-state index >= 15 is 0 Å². The van der Waals surface area contributed by atoms with E-state index in [1.165, 1.54) is 31.2 Å². The number of carbonyl (C=O) groups is 1. The smallest absolute Gasteiger partial charge is 0.240 e. The molecule has 148 valence electrons. The summed E-state index contributed by atoms with van der Waals surface area (Å²) >= 11 is 0. The van der Waals surface area contributed by atoms with E-state index in [9.17, 15) is 4.79 Å². The fourth-order valence-electron chi connectivity index (χ4n) is 5.08. The number of hydrogen-bond acceptors (Lipinski definition) is 5. The molecule has 2 saturated heterocycles. The minimum atomic E-state index is -0.260. The van der Waals surface area contributed by atoms with Crippen molar-refractivity contribution in [3.63, 3.8) is 0 Å². The number of nitrogens with zero attached hydrogens (tertiary/aromatic N) is 3. The molecule has 0 bridgehead atoms. The summed E-state index contributed by atoms with van der Waals surface area (Å²) in [7, 11) is 0. The van der Waals surface area contributed by atoms with Gasteiger partial charge in [0.1, 0.15) is 5.54 Å². The Morgan fingerprint density at radius 1 is 1.07 bits per heavy atom. The van der Waals surface area contributed by atoms with Crippen molar-refractivity contribution in [3.05, 3.63) is 30.1 Å². The van der Waals surface area contributed by atoms with E-state index < -0.39 is 0 Å². The Labute approximate surface area is 162 Å². The van der Waals surface area contributed by atoms with Gasteiger partial charge >= 0.3 is 0 Å². The van der Waals surface area contributed by atoms with Crippen LogP contribution in [0.2, 0.25) is 0 Å². The first-order valence-electron chi connectivity index (χ1n) is 10.5. The monoisotopic (exact) mass is 372 g/mol. The minimum absolute atomic E-state index is 0.179. The minimum Gasteiger partial charge on any atom is -0.379 e. The molecule has 1 atom stereocenters. The van der Waals surface area contributed by atoms with Gasteiger partial charge in [0, 0.05) is 32.0 Å². The van der Waals surface area contributed by atoms with Gasteiger partial charge in [-0.05, 0) is 56.5 Å². The van der Waals surface area contributed by atoms with Crippen molar-refractivity contribution in [1.29, 1.82) is 0 Å². The molecule has 0 spiro atoms. The number of nitrogens with one attached hydrogen (secondary N) is 1. The van der Waals surface area contributed by atoms with Crippen LogP contribution in [0.1, 0.15) is 50.1 Å². The summed E-state index contributed by atoms with van der Waals surface area (Å²) < 4.78 is 5.53. The van der Waals surface area contributed by atoms with E-state index in [1.54, 1.807) is 0 Å². The zero-order valence-corrected chi connectivity index (χ0v) is 16.2. The highest BCUT2D eigenvalue weighted by molar-refractivity contribution is 5.86. The van der Waals surface area contributed by atoms with Gasteiger partial charge < -0.3 is 10.1 Å². The van der Waals surface area contributed by atoms with Crippen LogP contribution in [0.15, 0.2) is 24.5 Å². The molecule has 3 fully saturated rings. The number of aromatic nitrogens is 1. The van der Waals surface area contributed by atoms with Gasteiger partial charge in [0.05, 0.1) is 19.3 Å². The quantitative estimate of drug-likeness (QED) is 0.828. The summed E-state index contributed by atoms with van der Waals surface area (Å²) in [5.41, 5.74) is 0.957. The zero-order valence-electron chi connectivity index (χ0n) is 16.2. The predicted octanol–water partition coefficient (Wildman–Crippen LogP) is 1.98. The lowest BCUT2D eigenvalue weighted by atomic mass is 9.93. The van der Waals surface area contributed by atoms with Gasteiger partial charge in [0.25, 0.3) is 0 Å². The van der Waals surface area contributed by atoms with Crippen molar-refractivity contribution in [3.8, 4) is 0 Å². The predicted molar refractivity (Wildman–Crippen MR) is 104 cm³/mol. The molecule has 0 aromatic carbocycles. The summed E-state index contributed by atoms with van der Waals surface area (Å²) in [6, 6.07) is 4.31. The van der Waals surface area contributed by atoms with Crippen LogP contribution >= 0.6 is 0 Å². The molecule has 0 unspecified atom stereocenters. The first-order valence-corrected chi connectivity index (χ1v) is 10.5. The topological polar surface area (TPSA) is 57.7 Å². The molecule has 1 saturated carbocycles. The molecule has 4 rings (SSSR count). The number of hydrogen-bond donors (Lipinski definition) is 1. The fourth-order valence-corrected chi connectivity index (χ4v) is 5.08. The normalized spacial score (nSPS) is 24.7. The van der Waals surface area contributed by atoms with E-state index in [-0.39, 0.29) is 17.5 Å². The molecule has 1 aromatic heterocycles. The maximum atomic E-state index is 13.4. The molecule has 0 radical (unpaired) electrons. The zero-order chi connectivity index (χ0) is 18.5. The van der Waals surface area contributed by atoms with Crippen molar-refractivity contribution >= 4 is 5.91 Å². The number of likely N-dealkylation sites (tertiary alicyclic amines) is 1. The van der Waals surface area contributed by atoms with Crippen LogP contribution in [-0.4, -0.2) is 72.2 Å².